The van der Waals surface area contributed by atoms with Crippen molar-refractivity contribution in [3.05, 3.63) is 33.7 Å². The molecule has 74 valence electrons. The van der Waals surface area contributed by atoms with Gasteiger partial charge in [0, 0.05) is 0 Å². The van der Waals surface area contributed by atoms with Crippen LogP contribution in [0.4, 0.5) is 4.69 Å². The van der Waals surface area contributed by atoms with E-state index in [1.807, 2.05) is 24.3 Å². The van der Waals surface area contributed by atoms with Crippen molar-refractivity contribution in [2.45, 2.75) is 0 Å². The van der Waals surface area contributed by atoms with Crippen molar-refractivity contribution in [2.75, 3.05) is 5.73 Å². The van der Waals surface area contributed by atoms with E-state index in [1.165, 1.54) is 0 Å². The minimum atomic E-state index is 0. The van der Waals surface area contributed by atoms with Gasteiger partial charge in [0.2, 0.25) is 0 Å². The fourth-order valence-electron chi connectivity index (χ4n) is 1.04. The third-order valence-electron chi connectivity index (χ3n) is 1.66. The number of rotatable bonds is 1. The third-order valence-corrected chi connectivity index (χ3v) is 3.60. The fourth-order valence-corrected chi connectivity index (χ4v) is 2.51. The number of nitrogens with zero attached hydrogens (tertiary/aromatic N) is 1. The second-order valence-electron chi connectivity index (χ2n) is 2.58. The average molecular weight is 338 g/mol. The van der Waals surface area contributed by atoms with E-state index < -0.39 is 0 Å². The molecule has 0 bridgehead atoms. The molecule has 0 radical (unpaired) electrons. The van der Waals surface area contributed by atoms with Crippen LogP contribution in [-0.2, 0) is 0 Å². The molecule has 5 heteroatoms. The van der Waals surface area contributed by atoms with Crippen molar-refractivity contribution in [3.8, 4) is 11.3 Å². The number of hydrogen-bond donors (Lipinski definition) is 1. The van der Waals surface area contributed by atoms with E-state index in [2.05, 4.69) is 25.9 Å². The van der Waals surface area contributed by atoms with Crippen LogP contribution in [0.25, 0.3) is 11.3 Å². The summed E-state index contributed by atoms with van der Waals surface area (Å²) < 4.78 is 1.84. The van der Waals surface area contributed by atoms with Crippen LogP contribution in [0.3, 0.4) is 0 Å². The SMILES string of the molecule is Cl.Nc1nc(-c2ccc(Br)cc2)c[se]1. The van der Waals surface area contributed by atoms with Crippen molar-refractivity contribution < 1.29 is 0 Å². The van der Waals surface area contributed by atoms with Gasteiger partial charge < -0.3 is 0 Å². The van der Waals surface area contributed by atoms with Gasteiger partial charge in [-0.25, -0.2) is 0 Å². The summed E-state index contributed by atoms with van der Waals surface area (Å²) in [4.78, 5) is 6.36. The molecule has 0 aliphatic rings. The summed E-state index contributed by atoms with van der Waals surface area (Å²) in [6.07, 6.45) is 0. The molecule has 0 saturated carbocycles. The van der Waals surface area contributed by atoms with Gasteiger partial charge in [0.15, 0.2) is 0 Å². The molecule has 1 heterocycles. The van der Waals surface area contributed by atoms with Crippen molar-refractivity contribution in [3.63, 3.8) is 0 Å². The third kappa shape index (κ3) is 2.61. The first kappa shape index (κ1) is 11.8. The number of halogens is 2. The zero-order chi connectivity index (χ0) is 9.26. The molecule has 0 aliphatic carbocycles. The maximum atomic E-state index is 5.61. The molecular weight excluding hydrogens is 330 g/mol. The Balaban J connectivity index is 0.000000980. The fraction of sp³-hybridized carbons (Fsp3) is 0. The normalized spacial score (nSPS) is 9.50. The Kier molecular flexibility index (Phi) is 4.20. The molecule has 2 nitrogen and oxygen atoms in total. The van der Waals surface area contributed by atoms with Crippen LogP contribution >= 0.6 is 28.3 Å². The molecule has 14 heavy (non-hydrogen) atoms. The molecule has 1 aromatic carbocycles. The minimum absolute atomic E-state index is 0. The van der Waals surface area contributed by atoms with Gasteiger partial charge in [-0.3, -0.25) is 0 Å². The number of benzene rings is 1. The van der Waals surface area contributed by atoms with Gasteiger partial charge in [0.25, 0.3) is 0 Å². The van der Waals surface area contributed by atoms with Crippen molar-refractivity contribution in [1.82, 2.24) is 4.98 Å². The van der Waals surface area contributed by atoms with E-state index in [0.717, 1.165) is 20.4 Å². The maximum absolute atomic E-state index is 5.61. The second-order valence-corrected chi connectivity index (χ2v) is 5.36. The number of hydrogen-bond acceptors (Lipinski definition) is 2. The standard InChI is InChI=1S/C9H7BrN2Se.ClH/c10-7-3-1-6(2-4-7)8-5-13-9(11)12-8;/h1-5H,(H2,11,12);1H. The summed E-state index contributed by atoms with van der Waals surface area (Å²) in [5.41, 5.74) is 7.74. The Labute approximate surface area is 103 Å². The Hall–Kier alpha value is -0.281. The van der Waals surface area contributed by atoms with Gasteiger partial charge in [0.05, 0.1) is 0 Å². The molecule has 0 aliphatic heterocycles. The van der Waals surface area contributed by atoms with Gasteiger partial charge in [-0.1, -0.05) is 0 Å². The van der Waals surface area contributed by atoms with Crippen LogP contribution in [0.2, 0.25) is 0 Å². The zero-order valence-corrected chi connectivity index (χ0v) is 11.2. The molecule has 0 spiro atoms. The molecule has 0 fully saturated rings. The van der Waals surface area contributed by atoms with Crippen LogP contribution in [0.15, 0.2) is 33.7 Å². The number of nitrogen functional groups attached to an aromatic ring is 1. The van der Waals surface area contributed by atoms with E-state index in [0.29, 0.717) is 0 Å². The molecule has 2 rings (SSSR count). The van der Waals surface area contributed by atoms with E-state index in [9.17, 15) is 0 Å². The quantitative estimate of drug-likeness (QED) is 0.812. The molecule has 2 aromatic rings. The van der Waals surface area contributed by atoms with Gasteiger partial charge in [-0.05, 0) is 0 Å². The molecular formula is C9H8BrClN2Se. The molecule has 0 saturated heterocycles. The van der Waals surface area contributed by atoms with Crippen LogP contribution in [0.1, 0.15) is 0 Å². The average Bonchev–Trinajstić information content (AvgIpc) is 2.53. The Morgan fingerprint density at radius 3 is 2.36 bits per heavy atom. The van der Waals surface area contributed by atoms with E-state index in [-0.39, 0.29) is 26.9 Å². The Morgan fingerprint density at radius 2 is 1.86 bits per heavy atom. The molecule has 0 amide bonds. The molecule has 1 aromatic heterocycles. The van der Waals surface area contributed by atoms with Crippen LogP contribution < -0.4 is 5.73 Å². The zero-order valence-electron chi connectivity index (χ0n) is 7.11. The van der Waals surface area contributed by atoms with Gasteiger partial charge in [-0.2, -0.15) is 0 Å². The number of anilines is 1. The summed E-state index contributed by atoms with van der Waals surface area (Å²) in [7, 11) is 0. The summed E-state index contributed by atoms with van der Waals surface area (Å²) in [5, 5.41) is 0. The predicted octanol–water partition coefficient (Wildman–Crippen LogP) is 2.57. The van der Waals surface area contributed by atoms with E-state index in [4.69, 9.17) is 5.73 Å². The number of nitrogens with two attached hydrogens (primary N) is 1. The van der Waals surface area contributed by atoms with Crippen LogP contribution in [-0.4, -0.2) is 19.5 Å². The van der Waals surface area contributed by atoms with Crippen LogP contribution in [0.5, 0.6) is 0 Å². The molecule has 2 N–H and O–H groups in total. The van der Waals surface area contributed by atoms with Crippen LogP contribution in [0, 0.1) is 0 Å². The summed E-state index contributed by atoms with van der Waals surface area (Å²) in [5.74, 6) is 0. The van der Waals surface area contributed by atoms with Gasteiger partial charge in [0.1, 0.15) is 0 Å². The van der Waals surface area contributed by atoms with Gasteiger partial charge in [-0.15, -0.1) is 12.4 Å². The van der Waals surface area contributed by atoms with Crippen molar-refractivity contribution in [1.29, 1.82) is 0 Å². The van der Waals surface area contributed by atoms with Crippen molar-refractivity contribution >= 4 is 47.5 Å². The summed E-state index contributed by atoms with van der Waals surface area (Å²) in [6.45, 7) is 0. The van der Waals surface area contributed by atoms with Gasteiger partial charge >= 0.3 is 90.8 Å². The van der Waals surface area contributed by atoms with Crippen molar-refractivity contribution in [2.24, 2.45) is 0 Å². The monoisotopic (exact) mass is 338 g/mol. The Bertz CT molecular complexity index is 413. The molecule has 0 unspecified atom stereocenters. The topological polar surface area (TPSA) is 38.9 Å². The van der Waals surface area contributed by atoms with E-state index >= 15 is 0 Å². The first-order chi connectivity index (χ1) is 6.25. The van der Waals surface area contributed by atoms with E-state index in [1.54, 1.807) is 0 Å². The molecule has 0 atom stereocenters. The second kappa shape index (κ2) is 4.99. The summed E-state index contributed by atoms with van der Waals surface area (Å²) >= 11 is 3.64. The predicted molar refractivity (Wildman–Crippen MR) is 66.0 cm³/mol. The summed E-state index contributed by atoms with van der Waals surface area (Å²) in [6, 6.07) is 8.09. The first-order valence-electron chi connectivity index (χ1n) is 3.72. The first-order valence-corrected chi connectivity index (χ1v) is 6.36. The Morgan fingerprint density at radius 1 is 1.21 bits per heavy atom. The number of aromatic nitrogens is 1.